The van der Waals surface area contributed by atoms with E-state index in [1.54, 1.807) is 4.52 Å². The van der Waals surface area contributed by atoms with E-state index >= 15 is 0 Å². The van der Waals surface area contributed by atoms with Crippen LogP contribution >= 0.6 is 11.6 Å². The summed E-state index contributed by atoms with van der Waals surface area (Å²) in [5.41, 5.74) is 2.76. The van der Waals surface area contributed by atoms with Gasteiger partial charge in [0.2, 0.25) is 5.28 Å². The second kappa shape index (κ2) is 3.15. The van der Waals surface area contributed by atoms with E-state index < -0.39 is 0 Å². The Bertz CT molecular complexity index is 702. The molecule has 2 heterocycles. The van der Waals surface area contributed by atoms with Gasteiger partial charge in [-0.3, -0.25) is 0 Å². The fourth-order valence-electron chi connectivity index (χ4n) is 1.79. The predicted octanol–water partition coefficient (Wildman–Crippen LogP) is 2.55. The number of hydrogen-bond donors (Lipinski definition) is 0. The lowest BCUT2D eigenvalue weighted by Crippen LogP contribution is -1.95. The Morgan fingerprint density at radius 1 is 1.19 bits per heavy atom. The maximum absolute atomic E-state index is 6.05. The maximum atomic E-state index is 6.05. The summed E-state index contributed by atoms with van der Waals surface area (Å²) in [4.78, 5) is 8.66. The molecule has 4 nitrogen and oxygen atoms in total. The van der Waals surface area contributed by atoms with Gasteiger partial charge < -0.3 is 0 Å². The zero-order chi connectivity index (χ0) is 11.3. The van der Waals surface area contributed by atoms with Crippen LogP contribution in [0.4, 0.5) is 0 Å². The molecule has 0 unspecified atom stereocenters. The van der Waals surface area contributed by atoms with Crippen molar-refractivity contribution >= 4 is 28.2 Å². The first-order valence-electron chi connectivity index (χ1n) is 4.94. The Morgan fingerprint density at radius 3 is 2.81 bits per heavy atom. The van der Waals surface area contributed by atoms with Gasteiger partial charge >= 0.3 is 0 Å². The highest BCUT2D eigenvalue weighted by Gasteiger charge is 2.09. The average Bonchev–Trinajstić information content (AvgIpc) is 2.60. The summed E-state index contributed by atoms with van der Waals surface area (Å²) in [5.74, 6) is 0.691. The Hall–Kier alpha value is -1.68. The van der Waals surface area contributed by atoms with E-state index in [2.05, 4.69) is 15.1 Å². The standard InChI is InChI=1S/C11H9ClN4/c1-6-3-4-8-9(5-6)14-11(12)16-10(8)13-7(2)15-16/h3-5H,1-2H3. The van der Waals surface area contributed by atoms with E-state index in [9.17, 15) is 0 Å². The third-order valence-electron chi connectivity index (χ3n) is 2.49. The highest BCUT2D eigenvalue weighted by molar-refractivity contribution is 6.29. The second-order valence-corrected chi connectivity index (χ2v) is 4.13. The van der Waals surface area contributed by atoms with Crippen molar-refractivity contribution in [3.05, 3.63) is 34.9 Å². The molecule has 1 aromatic carbocycles. The second-order valence-electron chi connectivity index (χ2n) is 3.80. The summed E-state index contributed by atoms with van der Waals surface area (Å²) < 4.78 is 1.56. The molecule has 3 aromatic rings. The zero-order valence-electron chi connectivity index (χ0n) is 8.90. The van der Waals surface area contributed by atoms with E-state index in [-0.39, 0.29) is 0 Å². The monoisotopic (exact) mass is 232 g/mol. The van der Waals surface area contributed by atoms with E-state index in [4.69, 9.17) is 11.6 Å². The van der Waals surface area contributed by atoms with Crippen LogP contribution in [0.15, 0.2) is 18.2 Å². The van der Waals surface area contributed by atoms with Gasteiger partial charge in [0, 0.05) is 5.39 Å². The van der Waals surface area contributed by atoms with Gasteiger partial charge in [0.15, 0.2) is 5.65 Å². The third-order valence-corrected chi connectivity index (χ3v) is 2.74. The molecule has 0 aliphatic rings. The van der Waals surface area contributed by atoms with Crippen LogP contribution in [-0.4, -0.2) is 19.6 Å². The quantitative estimate of drug-likeness (QED) is 0.560. The molecule has 0 fully saturated rings. The number of halogens is 1. The largest absolute Gasteiger partial charge is 0.226 e. The molecular formula is C11H9ClN4. The Labute approximate surface area is 96.9 Å². The first-order chi connectivity index (χ1) is 7.65. The summed E-state index contributed by atoms with van der Waals surface area (Å²) in [6.45, 7) is 3.86. The minimum Gasteiger partial charge on any atom is -0.218 e. The highest BCUT2D eigenvalue weighted by Crippen LogP contribution is 2.21. The molecule has 3 rings (SSSR count). The molecule has 0 aliphatic heterocycles. The van der Waals surface area contributed by atoms with Crippen molar-refractivity contribution in [2.45, 2.75) is 13.8 Å². The van der Waals surface area contributed by atoms with Gasteiger partial charge in [0.05, 0.1) is 5.52 Å². The van der Waals surface area contributed by atoms with E-state index in [1.165, 1.54) is 0 Å². The number of nitrogens with zero attached hydrogens (tertiary/aromatic N) is 4. The molecular weight excluding hydrogens is 224 g/mol. The summed E-state index contributed by atoms with van der Waals surface area (Å²) in [7, 11) is 0. The Balaban J connectivity index is 2.57. The highest BCUT2D eigenvalue weighted by atomic mass is 35.5. The fraction of sp³-hybridized carbons (Fsp3) is 0.182. The Morgan fingerprint density at radius 2 is 2.00 bits per heavy atom. The van der Waals surface area contributed by atoms with Gasteiger partial charge in [-0.25, -0.2) is 9.97 Å². The number of aryl methyl sites for hydroxylation is 2. The third kappa shape index (κ3) is 1.27. The number of rotatable bonds is 0. The lowest BCUT2D eigenvalue weighted by Gasteiger charge is -2.01. The molecule has 80 valence electrons. The molecule has 2 aromatic heterocycles. The molecule has 0 aliphatic carbocycles. The molecule has 0 amide bonds. The van der Waals surface area contributed by atoms with Crippen LogP contribution in [-0.2, 0) is 0 Å². The molecule has 5 heteroatoms. The van der Waals surface area contributed by atoms with E-state index in [0.29, 0.717) is 11.1 Å². The minimum atomic E-state index is 0.341. The van der Waals surface area contributed by atoms with Crippen LogP contribution in [0.3, 0.4) is 0 Å². The maximum Gasteiger partial charge on any atom is 0.226 e. The van der Waals surface area contributed by atoms with Crippen LogP contribution in [0.5, 0.6) is 0 Å². The van der Waals surface area contributed by atoms with Gasteiger partial charge in [0.1, 0.15) is 5.82 Å². The van der Waals surface area contributed by atoms with Gasteiger partial charge in [-0.05, 0) is 43.1 Å². The molecule has 0 spiro atoms. The average molecular weight is 233 g/mol. The van der Waals surface area contributed by atoms with Gasteiger partial charge in [-0.15, -0.1) is 5.10 Å². The first kappa shape index (κ1) is 9.54. The minimum absolute atomic E-state index is 0.341. The molecule has 0 radical (unpaired) electrons. The number of hydrogen-bond acceptors (Lipinski definition) is 3. The number of fused-ring (bicyclic) bond motifs is 3. The SMILES string of the molecule is Cc1ccc2c(c1)nc(Cl)n1nc(C)nc21. The van der Waals surface area contributed by atoms with Crippen molar-refractivity contribution in [1.82, 2.24) is 19.6 Å². The molecule has 0 saturated carbocycles. The molecule has 0 atom stereocenters. The number of aromatic nitrogens is 4. The van der Waals surface area contributed by atoms with Crippen molar-refractivity contribution in [3.8, 4) is 0 Å². The summed E-state index contributed by atoms with van der Waals surface area (Å²) >= 11 is 6.05. The van der Waals surface area contributed by atoms with Crippen LogP contribution in [0.2, 0.25) is 5.28 Å². The van der Waals surface area contributed by atoms with Crippen LogP contribution in [0, 0.1) is 13.8 Å². The van der Waals surface area contributed by atoms with Crippen molar-refractivity contribution in [3.63, 3.8) is 0 Å². The summed E-state index contributed by atoms with van der Waals surface area (Å²) in [6, 6.07) is 6.02. The summed E-state index contributed by atoms with van der Waals surface area (Å²) in [6.07, 6.45) is 0. The van der Waals surface area contributed by atoms with Crippen LogP contribution in [0.25, 0.3) is 16.6 Å². The van der Waals surface area contributed by atoms with Crippen LogP contribution < -0.4 is 0 Å². The zero-order valence-corrected chi connectivity index (χ0v) is 9.65. The van der Waals surface area contributed by atoms with Gasteiger partial charge in [-0.1, -0.05) is 6.07 Å². The van der Waals surface area contributed by atoms with E-state index in [1.807, 2.05) is 32.0 Å². The lowest BCUT2D eigenvalue weighted by atomic mass is 10.2. The smallest absolute Gasteiger partial charge is 0.218 e. The van der Waals surface area contributed by atoms with Crippen molar-refractivity contribution in [1.29, 1.82) is 0 Å². The molecule has 0 N–H and O–H groups in total. The fourth-order valence-corrected chi connectivity index (χ4v) is 2.00. The Kier molecular flexibility index (Phi) is 1.88. The van der Waals surface area contributed by atoms with Gasteiger partial charge in [0.25, 0.3) is 0 Å². The topological polar surface area (TPSA) is 43.1 Å². The van der Waals surface area contributed by atoms with Crippen molar-refractivity contribution in [2.24, 2.45) is 0 Å². The molecule has 16 heavy (non-hydrogen) atoms. The van der Waals surface area contributed by atoms with Crippen molar-refractivity contribution < 1.29 is 0 Å². The van der Waals surface area contributed by atoms with Crippen LogP contribution in [0.1, 0.15) is 11.4 Å². The molecule has 0 saturated heterocycles. The normalized spacial score (nSPS) is 11.4. The molecule has 0 bridgehead atoms. The van der Waals surface area contributed by atoms with Gasteiger partial charge in [-0.2, -0.15) is 4.52 Å². The first-order valence-corrected chi connectivity index (χ1v) is 5.32. The summed E-state index contributed by atoms with van der Waals surface area (Å²) in [5, 5.41) is 5.51. The lowest BCUT2D eigenvalue weighted by molar-refractivity contribution is 0.909. The van der Waals surface area contributed by atoms with Crippen molar-refractivity contribution in [2.75, 3.05) is 0 Å². The van der Waals surface area contributed by atoms with E-state index in [0.717, 1.165) is 22.1 Å². The predicted molar refractivity (Wildman–Crippen MR) is 62.8 cm³/mol. The number of benzene rings is 1.